The Morgan fingerprint density at radius 1 is 1.00 bits per heavy atom. The average Bonchev–Trinajstić information content (AvgIpc) is 2.39. The van der Waals surface area contributed by atoms with E-state index in [9.17, 15) is 0 Å². The Kier molecular flexibility index (Phi) is 3.64. The molecule has 2 heteroatoms. The molecule has 2 aromatic carbocycles. The fraction of sp³-hybridized carbons (Fsp3) is 0.200. The third-order valence-corrected chi connectivity index (χ3v) is 5.59. The smallest absolute Gasteiger partial charge is 0.126 e. The fourth-order valence-electron chi connectivity index (χ4n) is 1.70. The second kappa shape index (κ2) is 5.19. The van der Waals surface area contributed by atoms with Crippen LogP contribution in [0.25, 0.3) is 0 Å². The van der Waals surface area contributed by atoms with Gasteiger partial charge in [-0.15, -0.1) is 0 Å². The Morgan fingerprint density at radius 2 is 1.71 bits per heavy atom. The summed E-state index contributed by atoms with van der Waals surface area (Å²) in [5, 5.41) is 1.43. The number of para-hydroxylation sites is 1. The van der Waals surface area contributed by atoms with Gasteiger partial charge in [0, 0.05) is 6.07 Å². The molecule has 0 aliphatic rings. The van der Waals surface area contributed by atoms with Gasteiger partial charge in [0.15, 0.2) is 0 Å². The van der Waals surface area contributed by atoms with Crippen LogP contribution in [0, 0.1) is 6.07 Å². The lowest BCUT2D eigenvalue weighted by molar-refractivity contribution is 0.378. The lowest BCUT2D eigenvalue weighted by Gasteiger charge is -2.22. The number of hydrogen-bond donors (Lipinski definition) is 0. The summed E-state index contributed by atoms with van der Waals surface area (Å²) in [5.41, 5.74) is 0. The summed E-state index contributed by atoms with van der Waals surface area (Å²) in [6.45, 7) is 4.65. The number of hydrogen-bond acceptors (Lipinski definition) is 1. The molecule has 0 saturated carbocycles. The van der Waals surface area contributed by atoms with Crippen LogP contribution in [0.4, 0.5) is 0 Å². The Bertz CT molecular complexity index is 451. The number of rotatable bonds is 4. The van der Waals surface area contributed by atoms with Crippen LogP contribution in [0.15, 0.2) is 54.6 Å². The minimum absolute atomic E-state index is 0.789. The SMILES string of the molecule is C[Si](C)(COc1[c]cccc1)c1ccccc1. The van der Waals surface area contributed by atoms with Crippen molar-refractivity contribution in [2.45, 2.75) is 13.1 Å². The molecule has 0 fully saturated rings. The van der Waals surface area contributed by atoms with Crippen molar-refractivity contribution in [2.24, 2.45) is 0 Å². The van der Waals surface area contributed by atoms with Crippen LogP contribution >= 0.6 is 0 Å². The molecule has 2 rings (SSSR count). The molecule has 1 nitrogen and oxygen atoms in total. The van der Waals surface area contributed by atoms with E-state index >= 15 is 0 Å². The van der Waals surface area contributed by atoms with E-state index in [0.29, 0.717) is 0 Å². The maximum atomic E-state index is 5.83. The summed E-state index contributed by atoms with van der Waals surface area (Å²) < 4.78 is 5.83. The topological polar surface area (TPSA) is 9.23 Å². The van der Waals surface area contributed by atoms with Crippen molar-refractivity contribution in [1.29, 1.82) is 0 Å². The van der Waals surface area contributed by atoms with Crippen LogP contribution in [-0.2, 0) is 0 Å². The Morgan fingerprint density at radius 3 is 2.35 bits per heavy atom. The van der Waals surface area contributed by atoms with E-state index in [1.807, 2.05) is 24.3 Å². The summed E-state index contributed by atoms with van der Waals surface area (Å²) in [6, 6.07) is 21.5. The van der Waals surface area contributed by atoms with Gasteiger partial charge in [0.1, 0.15) is 13.8 Å². The molecule has 1 radical (unpaired) electrons. The molecule has 87 valence electrons. The van der Waals surface area contributed by atoms with Gasteiger partial charge < -0.3 is 4.74 Å². The van der Waals surface area contributed by atoms with Gasteiger partial charge in [-0.25, -0.2) is 0 Å². The zero-order chi connectivity index (χ0) is 12.1. The molecule has 0 unspecified atom stereocenters. The third-order valence-electron chi connectivity index (χ3n) is 2.82. The normalized spacial score (nSPS) is 11.2. The lowest BCUT2D eigenvalue weighted by atomic mass is 10.3. The van der Waals surface area contributed by atoms with Gasteiger partial charge in [-0.1, -0.05) is 66.8 Å². The van der Waals surface area contributed by atoms with Crippen LogP contribution < -0.4 is 9.92 Å². The van der Waals surface area contributed by atoms with Gasteiger partial charge in [-0.05, 0) is 6.07 Å². The first kappa shape index (κ1) is 11.9. The maximum Gasteiger partial charge on any atom is 0.126 e. The number of ether oxygens (including phenoxy) is 1. The zero-order valence-electron chi connectivity index (χ0n) is 10.3. The molecule has 17 heavy (non-hydrogen) atoms. The van der Waals surface area contributed by atoms with Crippen molar-refractivity contribution in [3.63, 3.8) is 0 Å². The summed E-state index contributed by atoms with van der Waals surface area (Å²) in [7, 11) is -1.50. The highest BCUT2D eigenvalue weighted by Crippen LogP contribution is 2.11. The first-order valence-corrected chi connectivity index (χ1v) is 9.04. The van der Waals surface area contributed by atoms with Crippen molar-refractivity contribution >= 4 is 13.3 Å². The van der Waals surface area contributed by atoms with E-state index in [2.05, 4.69) is 49.5 Å². The van der Waals surface area contributed by atoms with Crippen molar-refractivity contribution in [2.75, 3.05) is 6.23 Å². The van der Waals surface area contributed by atoms with E-state index in [1.54, 1.807) is 0 Å². The van der Waals surface area contributed by atoms with Crippen molar-refractivity contribution in [1.82, 2.24) is 0 Å². The van der Waals surface area contributed by atoms with Crippen molar-refractivity contribution in [3.05, 3.63) is 60.7 Å². The molecule has 0 N–H and O–H groups in total. The van der Waals surface area contributed by atoms with E-state index < -0.39 is 8.07 Å². The minimum Gasteiger partial charge on any atom is -0.496 e. The van der Waals surface area contributed by atoms with E-state index in [0.717, 1.165) is 12.0 Å². The molecule has 0 heterocycles. The largest absolute Gasteiger partial charge is 0.496 e. The lowest BCUT2D eigenvalue weighted by Crippen LogP contribution is -2.47. The highest BCUT2D eigenvalue weighted by atomic mass is 28.3. The molecule has 2 aromatic rings. The molecule has 0 bridgehead atoms. The van der Waals surface area contributed by atoms with Crippen LogP contribution in [0.2, 0.25) is 13.1 Å². The highest BCUT2D eigenvalue weighted by Gasteiger charge is 2.24. The Balaban J connectivity index is 2.03. The van der Waals surface area contributed by atoms with Gasteiger partial charge in [0.2, 0.25) is 0 Å². The molecular formula is C15H17OSi. The van der Waals surface area contributed by atoms with E-state index in [1.165, 1.54) is 5.19 Å². The minimum atomic E-state index is -1.50. The molecule has 0 atom stereocenters. The van der Waals surface area contributed by atoms with Crippen LogP contribution in [0.1, 0.15) is 0 Å². The summed E-state index contributed by atoms with van der Waals surface area (Å²) in [4.78, 5) is 0. The first-order valence-electron chi connectivity index (χ1n) is 5.83. The van der Waals surface area contributed by atoms with E-state index in [-0.39, 0.29) is 0 Å². The van der Waals surface area contributed by atoms with E-state index in [4.69, 9.17) is 4.74 Å². The summed E-state index contributed by atoms with van der Waals surface area (Å²) in [6.07, 6.45) is 0.789. The highest BCUT2D eigenvalue weighted by molar-refractivity contribution is 6.89. The fourth-order valence-corrected chi connectivity index (χ4v) is 3.48. The summed E-state index contributed by atoms with van der Waals surface area (Å²) >= 11 is 0. The molecule has 0 aliphatic heterocycles. The van der Waals surface area contributed by atoms with Gasteiger partial charge in [-0.2, -0.15) is 0 Å². The van der Waals surface area contributed by atoms with Crippen LogP contribution in [0.3, 0.4) is 0 Å². The Labute approximate surface area is 104 Å². The molecular weight excluding hydrogens is 224 g/mol. The predicted octanol–water partition coefficient (Wildman–Crippen LogP) is 3.02. The van der Waals surface area contributed by atoms with Gasteiger partial charge in [0.25, 0.3) is 0 Å². The third kappa shape index (κ3) is 3.20. The second-order valence-corrected chi connectivity index (χ2v) is 9.40. The zero-order valence-corrected chi connectivity index (χ0v) is 11.3. The number of benzene rings is 2. The average molecular weight is 241 g/mol. The maximum absolute atomic E-state index is 5.83. The molecule has 0 saturated heterocycles. The molecule has 0 spiro atoms. The predicted molar refractivity (Wildman–Crippen MR) is 74.3 cm³/mol. The Hall–Kier alpha value is -1.54. The second-order valence-electron chi connectivity index (χ2n) is 4.77. The van der Waals surface area contributed by atoms with Crippen molar-refractivity contribution in [3.8, 4) is 5.75 Å². The molecule has 0 aromatic heterocycles. The van der Waals surface area contributed by atoms with Crippen LogP contribution in [0.5, 0.6) is 5.75 Å². The summed E-state index contributed by atoms with van der Waals surface area (Å²) in [5.74, 6) is 0.837. The molecule has 0 amide bonds. The molecule has 0 aliphatic carbocycles. The monoisotopic (exact) mass is 241 g/mol. The standard InChI is InChI=1S/C15H17OSi/c1-17(2,15-11-7-4-8-12-15)13-16-14-9-5-3-6-10-14/h3-9,11-12H,13H2,1-2H3. The van der Waals surface area contributed by atoms with Gasteiger partial charge >= 0.3 is 0 Å². The quantitative estimate of drug-likeness (QED) is 0.748. The van der Waals surface area contributed by atoms with Gasteiger partial charge in [-0.3, -0.25) is 0 Å². The van der Waals surface area contributed by atoms with Crippen LogP contribution in [-0.4, -0.2) is 14.3 Å². The van der Waals surface area contributed by atoms with Crippen molar-refractivity contribution < 1.29 is 4.74 Å². The first-order chi connectivity index (χ1) is 8.18. The van der Waals surface area contributed by atoms with Gasteiger partial charge in [0.05, 0.1) is 6.23 Å².